The molecule has 6 heteroatoms. The highest BCUT2D eigenvalue weighted by Crippen LogP contribution is 2.36. The Balaban J connectivity index is 1.37. The van der Waals surface area contributed by atoms with E-state index >= 15 is 0 Å². The van der Waals surface area contributed by atoms with E-state index in [-0.39, 0.29) is 5.63 Å². The molecule has 0 bridgehead atoms. The van der Waals surface area contributed by atoms with E-state index in [0.29, 0.717) is 18.7 Å². The van der Waals surface area contributed by atoms with Gasteiger partial charge in [0.15, 0.2) is 0 Å². The lowest BCUT2D eigenvalue weighted by Gasteiger charge is -2.32. The first kappa shape index (κ1) is 22.1. The molecule has 0 radical (unpaired) electrons. The number of rotatable bonds is 6. The molecule has 0 saturated carbocycles. The Hall–Kier alpha value is -2.67. The van der Waals surface area contributed by atoms with Gasteiger partial charge in [0.25, 0.3) is 0 Å². The standard InChI is InChI=1S/C27H32N2O4/c1-19-23-16-22-17-29(10-6-9-28-11-13-31-14-12-28)18-32-25(22)20(2)26(23)33-27(30)24(19)15-21-7-4-3-5-8-21/h3-5,7-8,16H,6,9-15,17-18H2,1-2H3. The van der Waals surface area contributed by atoms with Crippen molar-refractivity contribution in [3.63, 3.8) is 0 Å². The molecular formula is C27H32N2O4. The van der Waals surface area contributed by atoms with Gasteiger partial charge in [0.05, 0.1) is 13.2 Å². The Morgan fingerprint density at radius 1 is 0.970 bits per heavy atom. The molecule has 1 fully saturated rings. The fourth-order valence-corrected chi connectivity index (χ4v) is 4.98. The van der Waals surface area contributed by atoms with Crippen LogP contribution >= 0.6 is 0 Å². The van der Waals surface area contributed by atoms with Crippen molar-refractivity contribution in [2.75, 3.05) is 46.1 Å². The Labute approximate surface area is 194 Å². The van der Waals surface area contributed by atoms with Gasteiger partial charge in [-0.3, -0.25) is 9.80 Å². The number of fused-ring (bicyclic) bond motifs is 2. The molecule has 2 aromatic carbocycles. The Kier molecular flexibility index (Phi) is 6.49. The molecule has 0 atom stereocenters. The minimum absolute atomic E-state index is 0.257. The van der Waals surface area contributed by atoms with Crippen molar-refractivity contribution in [1.82, 2.24) is 9.80 Å². The van der Waals surface area contributed by atoms with Crippen molar-refractivity contribution in [2.24, 2.45) is 0 Å². The van der Waals surface area contributed by atoms with E-state index in [2.05, 4.69) is 15.9 Å². The molecule has 0 N–H and O–H groups in total. The average Bonchev–Trinajstić information content (AvgIpc) is 2.84. The monoisotopic (exact) mass is 448 g/mol. The van der Waals surface area contributed by atoms with E-state index in [1.807, 2.05) is 44.2 Å². The largest absolute Gasteiger partial charge is 0.477 e. The summed E-state index contributed by atoms with van der Waals surface area (Å²) in [5, 5.41) is 1.01. The van der Waals surface area contributed by atoms with Gasteiger partial charge in [-0.15, -0.1) is 0 Å². The van der Waals surface area contributed by atoms with Crippen LogP contribution in [-0.2, 0) is 17.7 Å². The molecule has 33 heavy (non-hydrogen) atoms. The maximum absolute atomic E-state index is 12.9. The quantitative estimate of drug-likeness (QED) is 0.534. The van der Waals surface area contributed by atoms with Crippen LogP contribution < -0.4 is 10.4 Å². The first-order valence-electron chi connectivity index (χ1n) is 11.9. The normalized spacial score (nSPS) is 17.2. The van der Waals surface area contributed by atoms with Crippen LogP contribution in [0.5, 0.6) is 5.75 Å². The molecule has 2 aliphatic rings. The van der Waals surface area contributed by atoms with Crippen molar-refractivity contribution in [3.05, 3.63) is 74.6 Å². The molecular weight excluding hydrogens is 416 g/mol. The summed E-state index contributed by atoms with van der Waals surface area (Å²) >= 11 is 0. The number of hydrogen-bond donors (Lipinski definition) is 0. The molecule has 5 rings (SSSR count). The van der Waals surface area contributed by atoms with Gasteiger partial charge < -0.3 is 13.9 Å². The first-order chi connectivity index (χ1) is 16.1. The summed E-state index contributed by atoms with van der Waals surface area (Å²) in [4.78, 5) is 17.7. The van der Waals surface area contributed by atoms with Crippen LogP contribution in [0.2, 0.25) is 0 Å². The molecule has 0 aliphatic carbocycles. The fraction of sp³-hybridized carbons (Fsp3) is 0.444. The Bertz CT molecular complexity index is 1180. The number of ether oxygens (including phenoxy) is 2. The van der Waals surface area contributed by atoms with Crippen molar-refractivity contribution in [1.29, 1.82) is 0 Å². The summed E-state index contributed by atoms with van der Waals surface area (Å²) in [6.45, 7) is 11.3. The van der Waals surface area contributed by atoms with Gasteiger partial charge in [0.1, 0.15) is 18.1 Å². The lowest BCUT2D eigenvalue weighted by Crippen LogP contribution is -2.39. The molecule has 0 amide bonds. The molecule has 3 aromatic rings. The van der Waals surface area contributed by atoms with Gasteiger partial charge in [0, 0.05) is 54.7 Å². The van der Waals surface area contributed by atoms with Gasteiger partial charge >= 0.3 is 5.63 Å². The molecule has 174 valence electrons. The molecule has 1 aromatic heterocycles. The fourth-order valence-electron chi connectivity index (χ4n) is 4.98. The van der Waals surface area contributed by atoms with Crippen molar-refractivity contribution in [3.8, 4) is 5.75 Å². The first-order valence-corrected chi connectivity index (χ1v) is 11.9. The predicted octanol–water partition coefficient (Wildman–Crippen LogP) is 3.87. The van der Waals surface area contributed by atoms with Crippen molar-refractivity contribution in [2.45, 2.75) is 33.2 Å². The topological polar surface area (TPSA) is 55.2 Å². The second kappa shape index (κ2) is 9.67. The summed E-state index contributed by atoms with van der Waals surface area (Å²) < 4.78 is 17.4. The van der Waals surface area contributed by atoms with Crippen LogP contribution in [0, 0.1) is 13.8 Å². The molecule has 6 nitrogen and oxygen atoms in total. The van der Waals surface area contributed by atoms with Crippen LogP contribution in [0.15, 0.2) is 45.6 Å². The van der Waals surface area contributed by atoms with E-state index in [0.717, 1.165) is 85.7 Å². The third kappa shape index (κ3) is 4.69. The zero-order valence-corrected chi connectivity index (χ0v) is 19.6. The minimum atomic E-state index is -0.257. The Morgan fingerprint density at radius 3 is 2.52 bits per heavy atom. The smallest absolute Gasteiger partial charge is 0.340 e. The van der Waals surface area contributed by atoms with Crippen molar-refractivity contribution >= 4 is 11.0 Å². The SMILES string of the molecule is Cc1c(Cc2ccccc2)c(=O)oc2c(C)c3c(cc12)CN(CCCN1CCOCC1)CO3. The zero-order chi connectivity index (χ0) is 22.8. The van der Waals surface area contributed by atoms with E-state index in [4.69, 9.17) is 13.9 Å². The predicted molar refractivity (Wildman–Crippen MR) is 129 cm³/mol. The maximum Gasteiger partial charge on any atom is 0.340 e. The zero-order valence-electron chi connectivity index (χ0n) is 19.6. The second-order valence-electron chi connectivity index (χ2n) is 9.16. The van der Waals surface area contributed by atoms with Gasteiger partial charge in [-0.2, -0.15) is 0 Å². The number of morpholine rings is 1. The van der Waals surface area contributed by atoms with Gasteiger partial charge in [-0.05, 0) is 44.0 Å². The average molecular weight is 449 g/mol. The summed E-state index contributed by atoms with van der Waals surface area (Å²) in [5.41, 5.74) is 5.31. The molecule has 0 spiro atoms. The van der Waals surface area contributed by atoms with Gasteiger partial charge in [-0.25, -0.2) is 4.79 Å². The van der Waals surface area contributed by atoms with E-state index in [9.17, 15) is 4.79 Å². The highest BCUT2D eigenvalue weighted by atomic mass is 16.5. The summed E-state index contributed by atoms with van der Waals surface area (Å²) in [5.74, 6) is 0.866. The third-order valence-electron chi connectivity index (χ3n) is 6.90. The lowest BCUT2D eigenvalue weighted by atomic mass is 9.96. The lowest BCUT2D eigenvalue weighted by molar-refractivity contribution is 0.0330. The molecule has 2 aliphatic heterocycles. The highest BCUT2D eigenvalue weighted by molar-refractivity contribution is 5.87. The van der Waals surface area contributed by atoms with Crippen LogP contribution in [0.4, 0.5) is 0 Å². The number of nitrogens with zero attached hydrogens (tertiary/aromatic N) is 2. The van der Waals surface area contributed by atoms with Crippen molar-refractivity contribution < 1.29 is 13.9 Å². The summed E-state index contributed by atoms with van der Waals surface area (Å²) in [6, 6.07) is 12.2. The Morgan fingerprint density at radius 2 is 1.73 bits per heavy atom. The molecule has 1 saturated heterocycles. The minimum Gasteiger partial charge on any atom is -0.477 e. The van der Waals surface area contributed by atoms with Gasteiger partial charge in [0.2, 0.25) is 0 Å². The van der Waals surface area contributed by atoms with Gasteiger partial charge in [-0.1, -0.05) is 30.3 Å². The van der Waals surface area contributed by atoms with Crippen LogP contribution in [0.1, 0.15) is 34.2 Å². The van der Waals surface area contributed by atoms with Crippen LogP contribution in [-0.4, -0.2) is 55.9 Å². The number of aryl methyl sites for hydroxylation is 2. The third-order valence-corrected chi connectivity index (χ3v) is 6.90. The molecule has 3 heterocycles. The second-order valence-corrected chi connectivity index (χ2v) is 9.16. The number of hydrogen-bond acceptors (Lipinski definition) is 6. The van der Waals surface area contributed by atoms with Crippen LogP contribution in [0.3, 0.4) is 0 Å². The van der Waals surface area contributed by atoms with Crippen LogP contribution in [0.25, 0.3) is 11.0 Å². The van der Waals surface area contributed by atoms with E-state index in [1.165, 1.54) is 5.56 Å². The van der Waals surface area contributed by atoms with E-state index < -0.39 is 0 Å². The maximum atomic E-state index is 12.9. The van der Waals surface area contributed by atoms with E-state index in [1.54, 1.807) is 0 Å². The summed E-state index contributed by atoms with van der Waals surface area (Å²) in [6.07, 6.45) is 1.69. The number of benzene rings is 2. The highest BCUT2D eigenvalue weighted by Gasteiger charge is 2.24. The molecule has 0 unspecified atom stereocenters. The summed E-state index contributed by atoms with van der Waals surface area (Å²) in [7, 11) is 0.